The van der Waals surface area contributed by atoms with Crippen LogP contribution in [0.3, 0.4) is 0 Å². The first-order valence-electron chi connectivity index (χ1n) is 7.20. The summed E-state index contributed by atoms with van der Waals surface area (Å²) in [4.78, 5) is 11.2. The first kappa shape index (κ1) is 14.9. The van der Waals surface area contributed by atoms with Gasteiger partial charge >= 0.3 is 5.97 Å². The fourth-order valence-electron chi connectivity index (χ4n) is 3.33. The van der Waals surface area contributed by atoms with E-state index in [2.05, 4.69) is 0 Å². The normalized spacial score (nSPS) is 28.0. The molecule has 1 aromatic rings. The molecule has 1 unspecified atom stereocenters. The third kappa shape index (κ3) is 2.96. The maximum Gasteiger partial charge on any atom is 0.309 e. The molecule has 3 N–H and O–H groups in total. The lowest BCUT2D eigenvalue weighted by Crippen LogP contribution is -2.44. The minimum atomic E-state index is -1.08. The van der Waals surface area contributed by atoms with E-state index in [1.54, 1.807) is 12.1 Å². The lowest BCUT2D eigenvalue weighted by Gasteiger charge is -2.39. The number of hydrogen-bond acceptors (Lipinski definition) is 3. The second-order valence-electron chi connectivity index (χ2n) is 5.77. The quantitative estimate of drug-likeness (QED) is 0.791. The topological polar surface area (TPSA) is 77.8 Å². The molecule has 1 atom stereocenters. The van der Waals surface area contributed by atoms with Crippen molar-refractivity contribution in [3.63, 3.8) is 0 Å². The summed E-state index contributed by atoms with van der Waals surface area (Å²) in [5.74, 6) is -0.999. The van der Waals surface area contributed by atoms with Crippen molar-refractivity contribution in [3.8, 4) is 5.75 Å². The van der Waals surface area contributed by atoms with E-state index in [0.717, 1.165) is 18.4 Å². The van der Waals surface area contributed by atoms with E-state index in [0.29, 0.717) is 25.2 Å². The van der Waals surface area contributed by atoms with Crippen molar-refractivity contribution in [2.45, 2.75) is 50.5 Å². The van der Waals surface area contributed by atoms with Gasteiger partial charge in [0, 0.05) is 0 Å². The average molecular weight is 278 g/mol. The largest absolute Gasteiger partial charge is 0.508 e. The molecule has 20 heavy (non-hydrogen) atoms. The summed E-state index contributed by atoms with van der Waals surface area (Å²) in [7, 11) is 0. The van der Waals surface area contributed by atoms with Gasteiger partial charge in [0.15, 0.2) is 0 Å². The maximum atomic E-state index is 11.2. The summed E-state index contributed by atoms with van der Waals surface area (Å²) < 4.78 is 0. The van der Waals surface area contributed by atoms with Crippen LogP contribution in [-0.4, -0.2) is 26.9 Å². The van der Waals surface area contributed by atoms with Gasteiger partial charge < -0.3 is 15.3 Å². The molecule has 1 saturated carbocycles. The molecule has 0 aromatic heterocycles. The van der Waals surface area contributed by atoms with Gasteiger partial charge in [-0.2, -0.15) is 0 Å². The number of carboxylic acid groups (broad SMARTS) is 1. The van der Waals surface area contributed by atoms with E-state index in [-0.39, 0.29) is 5.75 Å². The summed E-state index contributed by atoms with van der Waals surface area (Å²) in [5, 5.41) is 29.1. The molecular weight excluding hydrogens is 256 g/mol. The summed E-state index contributed by atoms with van der Waals surface area (Å²) in [6.07, 6.45) is 3.05. The molecule has 0 aliphatic heterocycles. The molecule has 1 aliphatic carbocycles. The van der Waals surface area contributed by atoms with Crippen LogP contribution in [0.5, 0.6) is 5.75 Å². The Hall–Kier alpha value is -1.55. The summed E-state index contributed by atoms with van der Waals surface area (Å²) in [6, 6.07) is 7.14. The zero-order valence-corrected chi connectivity index (χ0v) is 11.7. The Labute approximate surface area is 119 Å². The minimum absolute atomic E-state index is 0.248. The number of aliphatic carboxylic acids is 1. The van der Waals surface area contributed by atoms with Crippen LogP contribution in [0.1, 0.15) is 50.5 Å². The number of aromatic hydroxyl groups is 1. The highest BCUT2D eigenvalue weighted by molar-refractivity contribution is 5.71. The lowest BCUT2D eigenvalue weighted by atomic mass is 9.70. The van der Waals surface area contributed by atoms with Gasteiger partial charge in [0.05, 0.1) is 11.5 Å². The van der Waals surface area contributed by atoms with Crippen LogP contribution in [0.2, 0.25) is 0 Å². The van der Waals surface area contributed by atoms with Crippen LogP contribution in [-0.2, 0) is 4.79 Å². The molecule has 0 radical (unpaired) electrons. The maximum absolute atomic E-state index is 11.2. The van der Waals surface area contributed by atoms with E-state index < -0.39 is 17.5 Å². The number of carbonyl (C=O) groups is 1. The van der Waals surface area contributed by atoms with Crippen LogP contribution < -0.4 is 0 Å². The van der Waals surface area contributed by atoms with Gasteiger partial charge in [0.2, 0.25) is 0 Å². The Kier molecular flexibility index (Phi) is 4.33. The molecule has 0 saturated heterocycles. The summed E-state index contributed by atoms with van der Waals surface area (Å²) in [6.45, 7) is 1.81. The van der Waals surface area contributed by atoms with E-state index in [1.807, 2.05) is 19.1 Å². The molecule has 4 nitrogen and oxygen atoms in total. The van der Waals surface area contributed by atoms with Crippen LogP contribution >= 0.6 is 0 Å². The van der Waals surface area contributed by atoms with E-state index >= 15 is 0 Å². The Morgan fingerprint density at radius 1 is 1.30 bits per heavy atom. The molecule has 0 bridgehead atoms. The highest BCUT2D eigenvalue weighted by atomic mass is 16.4. The van der Waals surface area contributed by atoms with E-state index in [4.69, 9.17) is 0 Å². The number of phenolic OH excluding ortho intramolecular Hbond substituents is 1. The highest BCUT2D eigenvalue weighted by Gasteiger charge is 2.43. The van der Waals surface area contributed by atoms with Gasteiger partial charge in [-0.15, -0.1) is 0 Å². The lowest BCUT2D eigenvalue weighted by molar-refractivity contribution is -0.155. The number of carboxylic acids is 1. The highest BCUT2D eigenvalue weighted by Crippen LogP contribution is 2.42. The smallest absolute Gasteiger partial charge is 0.309 e. The number of hydrogen-bond donors (Lipinski definition) is 3. The zero-order valence-electron chi connectivity index (χ0n) is 11.7. The van der Waals surface area contributed by atoms with Crippen LogP contribution in [0.4, 0.5) is 0 Å². The van der Waals surface area contributed by atoms with Gasteiger partial charge in [-0.25, -0.2) is 0 Å². The first-order valence-corrected chi connectivity index (χ1v) is 7.20. The Bertz CT molecular complexity index is 458. The second kappa shape index (κ2) is 5.83. The average Bonchev–Trinajstić information content (AvgIpc) is 2.41. The van der Waals surface area contributed by atoms with Gasteiger partial charge in [0.1, 0.15) is 5.75 Å². The van der Waals surface area contributed by atoms with Crippen molar-refractivity contribution in [1.82, 2.24) is 0 Å². The van der Waals surface area contributed by atoms with Gasteiger partial charge in [-0.1, -0.05) is 19.1 Å². The molecule has 110 valence electrons. The SMILES string of the molecule is CCC(C(=O)O)C1(O)CCC(c2ccc(O)cc2)CC1. The van der Waals surface area contributed by atoms with Crippen molar-refractivity contribution < 1.29 is 20.1 Å². The van der Waals surface area contributed by atoms with Crippen molar-refractivity contribution in [1.29, 1.82) is 0 Å². The van der Waals surface area contributed by atoms with E-state index in [9.17, 15) is 20.1 Å². The number of aliphatic hydroxyl groups is 1. The van der Waals surface area contributed by atoms with E-state index in [1.165, 1.54) is 0 Å². The van der Waals surface area contributed by atoms with Gasteiger partial charge in [0.25, 0.3) is 0 Å². The molecule has 0 spiro atoms. The van der Waals surface area contributed by atoms with Crippen molar-refractivity contribution in [3.05, 3.63) is 29.8 Å². The second-order valence-corrected chi connectivity index (χ2v) is 5.77. The molecule has 1 aliphatic rings. The molecule has 0 heterocycles. The van der Waals surface area contributed by atoms with Crippen LogP contribution in [0.25, 0.3) is 0 Å². The molecule has 1 aromatic carbocycles. The zero-order chi connectivity index (χ0) is 14.8. The number of benzene rings is 1. The first-order chi connectivity index (χ1) is 9.46. The molecule has 4 heteroatoms. The third-order valence-corrected chi connectivity index (χ3v) is 4.57. The van der Waals surface area contributed by atoms with Gasteiger partial charge in [-0.3, -0.25) is 4.79 Å². The molecular formula is C16H22O4. The number of phenols is 1. The molecule has 1 fully saturated rings. The standard InChI is InChI=1S/C16H22O4/c1-2-14(15(18)19)16(20)9-7-12(8-10-16)11-3-5-13(17)6-4-11/h3-6,12,14,17,20H,2,7-10H2,1H3,(H,18,19). The van der Waals surface area contributed by atoms with Crippen LogP contribution in [0.15, 0.2) is 24.3 Å². The Morgan fingerprint density at radius 3 is 2.30 bits per heavy atom. The fourth-order valence-corrected chi connectivity index (χ4v) is 3.33. The fraction of sp³-hybridized carbons (Fsp3) is 0.562. The predicted molar refractivity (Wildman–Crippen MR) is 75.7 cm³/mol. The monoisotopic (exact) mass is 278 g/mol. The van der Waals surface area contributed by atoms with Crippen LogP contribution in [0, 0.1) is 5.92 Å². The van der Waals surface area contributed by atoms with Crippen molar-refractivity contribution >= 4 is 5.97 Å². The Morgan fingerprint density at radius 2 is 1.85 bits per heavy atom. The summed E-state index contributed by atoms with van der Waals surface area (Å²) in [5.41, 5.74) is 0.0711. The Balaban J connectivity index is 2.04. The third-order valence-electron chi connectivity index (χ3n) is 4.57. The molecule has 0 amide bonds. The van der Waals surface area contributed by atoms with Gasteiger partial charge in [-0.05, 0) is 55.7 Å². The van der Waals surface area contributed by atoms with Crippen molar-refractivity contribution in [2.75, 3.05) is 0 Å². The molecule has 2 rings (SSSR count). The number of rotatable bonds is 4. The minimum Gasteiger partial charge on any atom is -0.508 e. The van der Waals surface area contributed by atoms with Crippen molar-refractivity contribution in [2.24, 2.45) is 5.92 Å². The predicted octanol–water partition coefficient (Wildman–Crippen LogP) is 2.89. The summed E-state index contributed by atoms with van der Waals surface area (Å²) >= 11 is 0.